The van der Waals surface area contributed by atoms with Crippen molar-refractivity contribution in [2.45, 2.75) is 25.3 Å². The zero-order valence-corrected chi connectivity index (χ0v) is 14.3. The van der Waals surface area contributed by atoms with E-state index < -0.39 is 10.0 Å². The average molecular weight is 342 g/mol. The highest BCUT2D eigenvalue weighted by Gasteiger charge is 2.17. The molecule has 0 aliphatic heterocycles. The number of rotatable bonds is 5. The smallest absolute Gasteiger partial charge is 0.240 e. The summed E-state index contributed by atoms with van der Waals surface area (Å²) in [7, 11) is -3.58. The number of nitrogens with zero attached hydrogens (tertiary/aromatic N) is 1. The van der Waals surface area contributed by atoms with Gasteiger partial charge in [0.2, 0.25) is 15.9 Å². The van der Waals surface area contributed by atoms with E-state index >= 15 is 0 Å². The number of hydrogen-bond acceptors (Lipinski definition) is 4. The lowest BCUT2D eigenvalue weighted by atomic mass is 10.2. The lowest BCUT2D eigenvalue weighted by Gasteiger charge is -2.05. The number of nitrogens with one attached hydrogen (secondary N) is 1. The van der Waals surface area contributed by atoms with Crippen LogP contribution in [0.4, 0.5) is 0 Å². The predicted octanol–water partition coefficient (Wildman–Crippen LogP) is 3.44. The monoisotopic (exact) mass is 342 g/mol. The molecule has 0 spiro atoms. The van der Waals surface area contributed by atoms with Crippen molar-refractivity contribution in [3.63, 3.8) is 0 Å². The first-order valence-electron chi connectivity index (χ1n) is 7.54. The Balaban J connectivity index is 1.77. The van der Waals surface area contributed by atoms with E-state index in [0.29, 0.717) is 17.3 Å². The van der Waals surface area contributed by atoms with Crippen LogP contribution in [0.15, 0.2) is 63.9 Å². The van der Waals surface area contributed by atoms with Crippen molar-refractivity contribution in [3.8, 4) is 11.5 Å². The highest BCUT2D eigenvalue weighted by molar-refractivity contribution is 7.89. The molecule has 0 aliphatic carbocycles. The molecule has 3 rings (SSSR count). The Bertz CT molecular complexity index is 930. The third-order valence-electron chi connectivity index (χ3n) is 3.67. The minimum atomic E-state index is -3.58. The first-order chi connectivity index (χ1) is 11.5. The Kier molecular flexibility index (Phi) is 4.51. The number of aromatic nitrogens is 1. The molecule has 0 radical (unpaired) electrons. The Hall–Kier alpha value is -2.44. The summed E-state index contributed by atoms with van der Waals surface area (Å²) >= 11 is 0. The maximum Gasteiger partial charge on any atom is 0.240 e. The molecule has 0 bridgehead atoms. The van der Waals surface area contributed by atoms with Crippen LogP contribution in [0, 0.1) is 13.8 Å². The van der Waals surface area contributed by atoms with Crippen molar-refractivity contribution in [2.24, 2.45) is 0 Å². The lowest BCUT2D eigenvalue weighted by molar-refractivity contribution is 0.538. The van der Waals surface area contributed by atoms with E-state index in [1.165, 1.54) is 0 Å². The van der Waals surface area contributed by atoms with Gasteiger partial charge in [-0.05, 0) is 38.1 Å². The molecule has 5 nitrogen and oxygen atoms in total. The van der Waals surface area contributed by atoms with Gasteiger partial charge >= 0.3 is 0 Å². The SMILES string of the molecule is Cc1ccc(S(=O)(=O)NCc2nc(-c3ccccc3)oc2C)cc1. The molecule has 0 atom stereocenters. The van der Waals surface area contributed by atoms with Gasteiger partial charge in [0.25, 0.3) is 0 Å². The van der Waals surface area contributed by atoms with E-state index in [4.69, 9.17) is 4.42 Å². The van der Waals surface area contributed by atoms with Crippen LogP contribution < -0.4 is 4.72 Å². The topological polar surface area (TPSA) is 72.2 Å². The minimum Gasteiger partial charge on any atom is -0.441 e. The Morgan fingerprint density at radius 2 is 1.67 bits per heavy atom. The van der Waals surface area contributed by atoms with Crippen LogP contribution in [-0.4, -0.2) is 13.4 Å². The summed E-state index contributed by atoms with van der Waals surface area (Å²) in [6.07, 6.45) is 0. The van der Waals surface area contributed by atoms with Crippen LogP contribution in [0.2, 0.25) is 0 Å². The quantitative estimate of drug-likeness (QED) is 0.771. The molecule has 2 aromatic carbocycles. The minimum absolute atomic E-state index is 0.0817. The first-order valence-corrected chi connectivity index (χ1v) is 9.02. The Labute approximate surface area is 141 Å². The maximum absolute atomic E-state index is 12.3. The van der Waals surface area contributed by atoms with Crippen LogP contribution >= 0.6 is 0 Å². The summed E-state index contributed by atoms with van der Waals surface area (Å²) in [6.45, 7) is 3.76. The van der Waals surface area contributed by atoms with E-state index in [0.717, 1.165) is 11.1 Å². The molecule has 0 fully saturated rings. The second-order valence-electron chi connectivity index (χ2n) is 5.53. The summed E-state index contributed by atoms with van der Waals surface area (Å²) in [4.78, 5) is 4.63. The molecular formula is C18H18N2O3S. The molecule has 1 N–H and O–H groups in total. The average Bonchev–Trinajstić information content (AvgIpc) is 2.95. The van der Waals surface area contributed by atoms with Gasteiger partial charge in [-0.1, -0.05) is 35.9 Å². The van der Waals surface area contributed by atoms with Crippen LogP contribution in [0.5, 0.6) is 0 Å². The second-order valence-corrected chi connectivity index (χ2v) is 7.29. The van der Waals surface area contributed by atoms with Gasteiger partial charge in [-0.25, -0.2) is 18.1 Å². The summed E-state index contributed by atoms with van der Waals surface area (Å²) in [6, 6.07) is 16.2. The first kappa shape index (κ1) is 16.4. The normalized spacial score (nSPS) is 11.6. The molecule has 3 aromatic rings. The zero-order chi connectivity index (χ0) is 17.2. The van der Waals surface area contributed by atoms with Crippen LogP contribution in [-0.2, 0) is 16.6 Å². The maximum atomic E-state index is 12.3. The highest BCUT2D eigenvalue weighted by Crippen LogP contribution is 2.21. The largest absolute Gasteiger partial charge is 0.441 e. The van der Waals surface area contributed by atoms with Gasteiger partial charge in [0.15, 0.2) is 0 Å². The number of sulfonamides is 1. The van der Waals surface area contributed by atoms with Gasteiger partial charge in [-0.2, -0.15) is 0 Å². The van der Waals surface area contributed by atoms with Gasteiger partial charge in [0, 0.05) is 5.56 Å². The summed E-state index contributed by atoms with van der Waals surface area (Å²) < 4.78 is 32.9. The summed E-state index contributed by atoms with van der Waals surface area (Å²) in [5.74, 6) is 1.08. The van der Waals surface area contributed by atoms with E-state index in [1.807, 2.05) is 37.3 Å². The zero-order valence-electron chi connectivity index (χ0n) is 13.5. The third kappa shape index (κ3) is 3.55. The molecule has 24 heavy (non-hydrogen) atoms. The van der Waals surface area contributed by atoms with Crippen LogP contribution in [0.1, 0.15) is 17.0 Å². The van der Waals surface area contributed by atoms with Gasteiger partial charge in [-0.15, -0.1) is 0 Å². The molecule has 6 heteroatoms. The standard InChI is InChI=1S/C18H18N2O3S/c1-13-8-10-16(11-9-13)24(21,22)19-12-17-14(2)23-18(20-17)15-6-4-3-5-7-15/h3-11,19H,12H2,1-2H3. The second kappa shape index (κ2) is 6.59. The fourth-order valence-electron chi connectivity index (χ4n) is 2.26. The van der Waals surface area contributed by atoms with Gasteiger partial charge in [-0.3, -0.25) is 0 Å². The molecule has 124 valence electrons. The Morgan fingerprint density at radius 3 is 2.33 bits per heavy atom. The molecule has 1 heterocycles. The third-order valence-corrected chi connectivity index (χ3v) is 5.09. The van der Waals surface area contributed by atoms with Crippen molar-refractivity contribution in [3.05, 3.63) is 71.6 Å². The molecule has 0 aliphatic rings. The van der Waals surface area contributed by atoms with Gasteiger partial charge < -0.3 is 4.42 Å². The Morgan fingerprint density at radius 1 is 1.00 bits per heavy atom. The summed E-state index contributed by atoms with van der Waals surface area (Å²) in [5.41, 5.74) is 2.44. The fourth-order valence-corrected chi connectivity index (χ4v) is 3.25. The van der Waals surface area contributed by atoms with Crippen molar-refractivity contribution >= 4 is 10.0 Å². The number of benzene rings is 2. The van der Waals surface area contributed by atoms with Crippen LogP contribution in [0.25, 0.3) is 11.5 Å². The molecule has 0 unspecified atom stereocenters. The van der Waals surface area contributed by atoms with E-state index in [1.54, 1.807) is 31.2 Å². The molecular weight excluding hydrogens is 324 g/mol. The van der Waals surface area contributed by atoms with Crippen molar-refractivity contribution in [2.75, 3.05) is 0 Å². The van der Waals surface area contributed by atoms with Crippen LogP contribution in [0.3, 0.4) is 0 Å². The molecule has 1 aromatic heterocycles. The highest BCUT2D eigenvalue weighted by atomic mass is 32.2. The van der Waals surface area contributed by atoms with Crippen molar-refractivity contribution < 1.29 is 12.8 Å². The fraction of sp³-hybridized carbons (Fsp3) is 0.167. The van der Waals surface area contributed by atoms with Gasteiger partial charge in [0.1, 0.15) is 5.76 Å². The number of oxazole rings is 1. The lowest BCUT2D eigenvalue weighted by Crippen LogP contribution is -2.23. The van der Waals surface area contributed by atoms with Gasteiger partial charge in [0.05, 0.1) is 17.1 Å². The molecule has 0 saturated carbocycles. The number of hydrogen-bond donors (Lipinski definition) is 1. The van der Waals surface area contributed by atoms with Crippen molar-refractivity contribution in [1.82, 2.24) is 9.71 Å². The number of aryl methyl sites for hydroxylation is 2. The van der Waals surface area contributed by atoms with E-state index in [2.05, 4.69) is 9.71 Å². The van der Waals surface area contributed by atoms with E-state index in [9.17, 15) is 8.42 Å². The summed E-state index contributed by atoms with van der Waals surface area (Å²) in [5, 5.41) is 0. The molecule has 0 saturated heterocycles. The van der Waals surface area contributed by atoms with E-state index in [-0.39, 0.29) is 11.4 Å². The van der Waals surface area contributed by atoms with Crippen molar-refractivity contribution in [1.29, 1.82) is 0 Å². The molecule has 0 amide bonds. The predicted molar refractivity (Wildman–Crippen MR) is 91.9 cm³/mol.